The molecular formula is C9H15NO. The van der Waals surface area contributed by atoms with E-state index in [1.165, 1.54) is 19.3 Å². The molecule has 2 nitrogen and oxygen atoms in total. The summed E-state index contributed by atoms with van der Waals surface area (Å²) >= 11 is 0. The van der Waals surface area contributed by atoms with E-state index in [-0.39, 0.29) is 0 Å². The quantitative estimate of drug-likeness (QED) is 0.608. The molecule has 0 unspecified atom stereocenters. The molecule has 0 amide bonds. The fourth-order valence-corrected chi connectivity index (χ4v) is 2.40. The summed E-state index contributed by atoms with van der Waals surface area (Å²) in [5, 5.41) is 3.33. The van der Waals surface area contributed by atoms with E-state index in [1.807, 2.05) is 0 Å². The van der Waals surface area contributed by atoms with E-state index in [9.17, 15) is 4.79 Å². The van der Waals surface area contributed by atoms with Gasteiger partial charge >= 0.3 is 0 Å². The summed E-state index contributed by atoms with van der Waals surface area (Å²) in [4.78, 5) is 11.1. The van der Waals surface area contributed by atoms with Gasteiger partial charge in [0, 0.05) is 5.92 Å². The van der Waals surface area contributed by atoms with Gasteiger partial charge in [-0.2, -0.15) is 0 Å². The summed E-state index contributed by atoms with van der Waals surface area (Å²) in [7, 11) is 0. The zero-order chi connectivity index (χ0) is 7.90. The number of rotatable bonds is 1. The lowest BCUT2D eigenvalue weighted by atomic mass is 9.91. The lowest BCUT2D eigenvalue weighted by Crippen LogP contribution is -2.30. The molecule has 11 heavy (non-hydrogen) atoms. The Bertz CT molecular complexity index is 182. The van der Waals surface area contributed by atoms with Gasteiger partial charge in [-0.3, -0.25) is 4.79 Å². The molecule has 62 valence electrons. The molecule has 1 N–H and O–H groups in total. The lowest BCUT2D eigenvalue weighted by molar-refractivity contribution is -0.119. The van der Waals surface area contributed by atoms with Crippen molar-refractivity contribution in [2.75, 3.05) is 13.1 Å². The molecule has 0 aromatic heterocycles. The first-order chi connectivity index (χ1) is 5.25. The van der Waals surface area contributed by atoms with E-state index in [4.69, 9.17) is 0 Å². The number of ketones is 1. The van der Waals surface area contributed by atoms with Gasteiger partial charge in [-0.15, -0.1) is 0 Å². The van der Waals surface area contributed by atoms with Crippen molar-refractivity contribution in [1.29, 1.82) is 0 Å². The predicted molar refractivity (Wildman–Crippen MR) is 43.3 cm³/mol. The highest BCUT2D eigenvalue weighted by Gasteiger charge is 2.55. The Morgan fingerprint density at radius 3 is 2.55 bits per heavy atom. The smallest absolute Gasteiger partial charge is 0.133 e. The Morgan fingerprint density at radius 1 is 1.45 bits per heavy atom. The molecule has 1 aliphatic carbocycles. The third-order valence-corrected chi connectivity index (χ3v) is 3.28. The number of nitrogens with one attached hydrogen (secondary N) is 1. The number of hydrogen-bond acceptors (Lipinski definition) is 2. The fraction of sp³-hybridized carbons (Fsp3) is 0.889. The van der Waals surface area contributed by atoms with Gasteiger partial charge in [-0.25, -0.2) is 0 Å². The van der Waals surface area contributed by atoms with Crippen molar-refractivity contribution >= 4 is 5.78 Å². The summed E-state index contributed by atoms with van der Waals surface area (Å²) in [5.41, 5.74) is 0.455. The lowest BCUT2D eigenvalue weighted by Gasteiger charge is -2.22. The second-order valence-corrected chi connectivity index (χ2v) is 3.98. The van der Waals surface area contributed by atoms with Crippen molar-refractivity contribution in [3.05, 3.63) is 0 Å². The highest BCUT2D eigenvalue weighted by molar-refractivity contribution is 5.82. The molecule has 1 saturated heterocycles. The topological polar surface area (TPSA) is 29.1 Å². The fourth-order valence-electron chi connectivity index (χ4n) is 2.40. The third kappa shape index (κ3) is 1.09. The van der Waals surface area contributed by atoms with E-state index >= 15 is 0 Å². The zero-order valence-electron chi connectivity index (χ0n) is 7.02. The number of piperidine rings is 1. The maximum Gasteiger partial charge on any atom is 0.133 e. The maximum absolute atomic E-state index is 11.1. The van der Waals surface area contributed by atoms with Crippen LogP contribution in [0.15, 0.2) is 0 Å². The van der Waals surface area contributed by atoms with Gasteiger partial charge < -0.3 is 5.32 Å². The molecule has 0 radical (unpaired) electrons. The van der Waals surface area contributed by atoms with E-state index in [1.54, 1.807) is 6.92 Å². The van der Waals surface area contributed by atoms with Crippen molar-refractivity contribution in [2.24, 2.45) is 11.3 Å². The van der Waals surface area contributed by atoms with Crippen LogP contribution in [0.4, 0.5) is 0 Å². The third-order valence-electron chi connectivity index (χ3n) is 3.28. The minimum atomic E-state index is 0.409. The molecule has 1 aliphatic heterocycles. The molecule has 1 heterocycles. The van der Waals surface area contributed by atoms with Gasteiger partial charge in [0.05, 0.1) is 0 Å². The Labute approximate surface area is 67.4 Å². The van der Waals surface area contributed by atoms with Crippen molar-refractivity contribution in [3.63, 3.8) is 0 Å². The first kappa shape index (κ1) is 7.29. The van der Waals surface area contributed by atoms with E-state index < -0.39 is 0 Å². The van der Waals surface area contributed by atoms with Crippen LogP contribution in [0.2, 0.25) is 0 Å². The highest BCUT2D eigenvalue weighted by atomic mass is 16.1. The Balaban J connectivity index is 1.99. The van der Waals surface area contributed by atoms with Gasteiger partial charge in [0.2, 0.25) is 0 Å². The standard InChI is InChI=1S/C9H15NO/c1-7(11)8-6-9(8)2-4-10-5-3-9/h8,10H,2-6H2,1H3/t8-/m1/s1. The largest absolute Gasteiger partial charge is 0.317 e. The molecule has 1 spiro atoms. The van der Waals surface area contributed by atoms with Crippen LogP contribution in [0, 0.1) is 11.3 Å². The minimum absolute atomic E-state index is 0.409. The number of Topliss-reactive ketones (excluding diaryl/α,β-unsaturated/α-hetero) is 1. The van der Waals surface area contributed by atoms with Crippen LogP contribution in [-0.4, -0.2) is 18.9 Å². The predicted octanol–water partition coefficient (Wildman–Crippen LogP) is 0.965. The van der Waals surface area contributed by atoms with Gasteiger partial charge in [0.15, 0.2) is 0 Å². The molecule has 0 aromatic carbocycles. The molecular weight excluding hydrogens is 138 g/mol. The van der Waals surface area contributed by atoms with E-state index in [0.29, 0.717) is 17.1 Å². The van der Waals surface area contributed by atoms with Crippen LogP contribution in [0.25, 0.3) is 0 Å². The van der Waals surface area contributed by atoms with Gasteiger partial charge in [0.1, 0.15) is 5.78 Å². The molecule has 2 rings (SSSR count). The Hall–Kier alpha value is -0.370. The van der Waals surface area contributed by atoms with Crippen LogP contribution in [0.5, 0.6) is 0 Å². The monoisotopic (exact) mass is 153 g/mol. The molecule has 2 heteroatoms. The van der Waals surface area contributed by atoms with Gasteiger partial charge in [-0.05, 0) is 44.7 Å². The number of carbonyl (C=O) groups is 1. The average molecular weight is 153 g/mol. The number of carbonyl (C=O) groups excluding carboxylic acids is 1. The SMILES string of the molecule is CC(=O)[C@H]1CC12CCNCC2. The molecule has 1 atom stereocenters. The molecule has 2 aliphatic rings. The van der Waals surface area contributed by atoms with Crippen LogP contribution < -0.4 is 5.32 Å². The second-order valence-electron chi connectivity index (χ2n) is 3.98. The zero-order valence-corrected chi connectivity index (χ0v) is 7.02. The minimum Gasteiger partial charge on any atom is -0.317 e. The Kier molecular flexibility index (Phi) is 1.53. The van der Waals surface area contributed by atoms with Crippen LogP contribution in [0.3, 0.4) is 0 Å². The molecule has 0 bridgehead atoms. The normalized spacial score (nSPS) is 33.7. The van der Waals surface area contributed by atoms with Crippen LogP contribution in [-0.2, 0) is 4.79 Å². The summed E-state index contributed by atoms with van der Waals surface area (Å²) in [5.74, 6) is 0.830. The first-order valence-electron chi connectivity index (χ1n) is 4.46. The molecule has 2 fully saturated rings. The van der Waals surface area contributed by atoms with E-state index in [0.717, 1.165) is 13.1 Å². The van der Waals surface area contributed by atoms with Crippen molar-refractivity contribution in [2.45, 2.75) is 26.2 Å². The summed E-state index contributed by atoms with van der Waals surface area (Å²) in [6.45, 7) is 3.97. The van der Waals surface area contributed by atoms with E-state index in [2.05, 4.69) is 5.32 Å². The second kappa shape index (κ2) is 2.31. The van der Waals surface area contributed by atoms with Crippen LogP contribution in [0.1, 0.15) is 26.2 Å². The van der Waals surface area contributed by atoms with Crippen LogP contribution >= 0.6 is 0 Å². The van der Waals surface area contributed by atoms with Crippen molar-refractivity contribution in [3.8, 4) is 0 Å². The average Bonchev–Trinajstić information content (AvgIpc) is 2.66. The highest BCUT2D eigenvalue weighted by Crippen LogP contribution is 2.58. The maximum atomic E-state index is 11.1. The van der Waals surface area contributed by atoms with Gasteiger partial charge in [-0.1, -0.05) is 0 Å². The summed E-state index contributed by atoms with van der Waals surface area (Å²) in [6.07, 6.45) is 3.61. The molecule has 0 aromatic rings. The summed E-state index contributed by atoms with van der Waals surface area (Å²) < 4.78 is 0. The van der Waals surface area contributed by atoms with Gasteiger partial charge in [0.25, 0.3) is 0 Å². The number of hydrogen-bond donors (Lipinski definition) is 1. The summed E-state index contributed by atoms with van der Waals surface area (Å²) in [6, 6.07) is 0. The Morgan fingerprint density at radius 2 is 2.09 bits per heavy atom. The first-order valence-corrected chi connectivity index (χ1v) is 4.46. The van der Waals surface area contributed by atoms with Crippen molar-refractivity contribution < 1.29 is 4.79 Å². The molecule has 1 saturated carbocycles. The van der Waals surface area contributed by atoms with Crippen molar-refractivity contribution in [1.82, 2.24) is 5.32 Å².